The summed E-state index contributed by atoms with van der Waals surface area (Å²) in [5, 5.41) is 0. The number of rotatable bonds is 1. The van der Waals surface area contributed by atoms with Gasteiger partial charge in [0.05, 0.1) is 0 Å². The van der Waals surface area contributed by atoms with Gasteiger partial charge in [0.15, 0.2) is 5.60 Å². The third-order valence-corrected chi connectivity index (χ3v) is 1.87. The van der Waals surface area contributed by atoms with Gasteiger partial charge in [0.1, 0.15) is 5.78 Å². The highest BCUT2D eigenvalue weighted by Crippen LogP contribution is 2.45. The minimum Gasteiger partial charge on any atom is -0.368 e. The third-order valence-electron chi connectivity index (χ3n) is 1.87. The standard InChI is InChI=1S/C6H7F3O2/c1-11-5(6(7,8)9)2-4(10)3-5/h2-3H2,1H3. The van der Waals surface area contributed by atoms with Crippen molar-refractivity contribution < 1.29 is 22.7 Å². The van der Waals surface area contributed by atoms with E-state index in [1.165, 1.54) is 0 Å². The Bertz CT molecular complexity index is 177. The van der Waals surface area contributed by atoms with Gasteiger partial charge in [-0.25, -0.2) is 0 Å². The lowest BCUT2D eigenvalue weighted by Gasteiger charge is -2.39. The molecule has 0 aliphatic heterocycles. The second kappa shape index (κ2) is 2.20. The Balaban J connectivity index is 2.72. The van der Waals surface area contributed by atoms with E-state index >= 15 is 0 Å². The number of Topliss-reactive ketones (excluding diaryl/α,β-unsaturated/α-hetero) is 1. The molecule has 0 heterocycles. The number of carbonyl (C=O) groups excluding carboxylic acids is 1. The molecule has 0 N–H and O–H groups in total. The van der Waals surface area contributed by atoms with Crippen LogP contribution in [0.15, 0.2) is 0 Å². The second-order valence-electron chi connectivity index (χ2n) is 2.59. The van der Waals surface area contributed by atoms with E-state index in [2.05, 4.69) is 4.74 Å². The zero-order valence-corrected chi connectivity index (χ0v) is 5.86. The lowest BCUT2D eigenvalue weighted by molar-refractivity contribution is -0.285. The molecule has 5 heteroatoms. The van der Waals surface area contributed by atoms with Crippen molar-refractivity contribution in [3.63, 3.8) is 0 Å². The molecule has 0 aromatic carbocycles. The first kappa shape index (κ1) is 8.52. The molecule has 64 valence electrons. The molecule has 11 heavy (non-hydrogen) atoms. The zero-order chi connectivity index (χ0) is 8.70. The fraction of sp³-hybridized carbons (Fsp3) is 0.833. The molecular weight excluding hydrogens is 161 g/mol. The van der Waals surface area contributed by atoms with Gasteiger partial charge in [0.25, 0.3) is 0 Å². The van der Waals surface area contributed by atoms with Crippen LogP contribution < -0.4 is 0 Å². The summed E-state index contributed by atoms with van der Waals surface area (Å²) in [5.41, 5.74) is -2.18. The number of hydrogen-bond donors (Lipinski definition) is 0. The van der Waals surface area contributed by atoms with Crippen molar-refractivity contribution in [1.29, 1.82) is 0 Å². The van der Waals surface area contributed by atoms with E-state index in [4.69, 9.17) is 0 Å². The molecule has 0 aromatic heterocycles. The maximum atomic E-state index is 12.1. The van der Waals surface area contributed by atoms with Gasteiger partial charge in [-0.2, -0.15) is 13.2 Å². The van der Waals surface area contributed by atoms with Gasteiger partial charge in [-0.1, -0.05) is 0 Å². The van der Waals surface area contributed by atoms with Crippen LogP contribution in [-0.2, 0) is 9.53 Å². The average molecular weight is 168 g/mol. The highest BCUT2D eigenvalue weighted by molar-refractivity contribution is 5.87. The smallest absolute Gasteiger partial charge is 0.368 e. The summed E-state index contributed by atoms with van der Waals surface area (Å²) in [5.74, 6) is -0.399. The molecule has 0 aromatic rings. The molecule has 0 amide bonds. The van der Waals surface area contributed by atoms with Crippen LogP contribution in [0.25, 0.3) is 0 Å². The fourth-order valence-corrected chi connectivity index (χ4v) is 1.05. The lowest BCUT2D eigenvalue weighted by atomic mass is 9.78. The van der Waals surface area contributed by atoms with Crippen molar-refractivity contribution in [1.82, 2.24) is 0 Å². The lowest BCUT2D eigenvalue weighted by Crippen LogP contribution is -2.57. The highest BCUT2D eigenvalue weighted by atomic mass is 19.4. The van der Waals surface area contributed by atoms with E-state index in [0.717, 1.165) is 7.11 Å². The maximum absolute atomic E-state index is 12.1. The van der Waals surface area contributed by atoms with E-state index in [-0.39, 0.29) is 0 Å². The van der Waals surface area contributed by atoms with Crippen LogP contribution in [0.5, 0.6) is 0 Å². The van der Waals surface area contributed by atoms with E-state index in [1.54, 1.807) is 0 Å². The molecule has 1 saturated carbocycles. The van der Waals surface area contributed by atoms with Crippen molar-refractivity contribution >= 4 is 5.78 Å². The van der Waals surface area contributed by atoms with Gasteiger partial charge >= 0.3 is 6.18 Å². The third kappa shape index (κ3) is 1.13. The Morgan fingerprint density at radius 2 is 1.91 bits per heavy atom. The molecule has 1 aliphatic rings. The first-order valence-corrected chi connectivity index (χ1v) is 3.05. The average Bonchev–Trinajstić information content (AvgIpc) is 1.77. The molecule has 0 spiro atoms. The van der Waals surface area contributed by atoms with Crippen molar-refractivity contribution in [2.45, 2.75) is 24.6 Å². The molecular formula is C6H7F3O2. The van der Waals surface area contributed by atoms with Gasteiger partial charge in [-0.3, -0.25) is 4.79 Å². The van der Waals surface area contributed by atoms with Crippen molar-refractivity contribution in [3.8, 4) is 0 Å². The largest absolute Gasteiger partial charge is 0.418 e. The van der Waals surface area contributed by atoms with Crippen LogP contribution in [-0.4, -0.2) is 24.7 Å². The Labute approximate surface area is 61.3 Å². The summed E-state index contributed by atoms with van der Waals surface area (Å²) in [6.07, 6.45) is -5.49. The minimum absolute atomic E-state index is 0.399. The predicted molar refractivity (Wildman–Crippen MR) is 30.0 cm³/mol. The van der Waals surface area contributed by atoms with Crippen LogP contribution in [0.3, 0.4) is 0 Å². The molecule has 0 saturated heterocycles. The summed E-state index contributed by atoms with van der Waals surface area (Å²) in [6, 6.07) is 0. The van der Waals surface area contributed by atoms with Crippen LogP contribution in [0.4, 0.5) is 13.2 Å². The van der Waals surface area contributed by atoms with E-state index in [0.29, 0.717) is 0 Å². The molecule has 0 bridgehead atoms. The normalized spacial score (nSPS) is 23.1. The number of ketones is 1. The van der Waals surface area contributed by atoms with Gasteiger partial charge in [-0.15, -0.1) is 0 Å². The monoisotopic (exact) mass is 168 g/mol. The van der Waals surface area contributed by atoms with E-state index in [9.17, 15) is 18.0 Å². The fourth-order valence-electron chi connectivity index (χ4n) is 1.05. The van der Waals surface area contributed by atoms with Crippen LogP contribution in [0, 0.1) is 0 Å². The number of halogens is 3. The number of carbonyl (C=O) groups is 1. The second-order valence-corrected chi connectivity index (χ2v) is 2.59. The minimum atomic E-state index is -4.42. The molecule has 0 unspecified atom stereocenters. The van der Waals surface area contributed by atoms with Gasteiger partial charge in [-0.05, 0) is 0 Å². The molecule has 1 aliphatic carbocycles. The number of alkyl halides is 3. The number of ether oxygens (including phenoxy) is 1. The SMILES string of the molecule is COC1(C(F)(F)F)CC(=O)C1. The van der Waals surface area contributed by atoms with Crippen LogP contribution in [0.2, 0.25) is 0 Å². The summed E-state index contributed by atoms with van der Waals surface area (Å²) >= 11 is 0. The Kier molecular flexibility index (Phi) is 1.70. The summed E-state index contributed by atoms with van der Waals surface area (Å²) in [4.78, 5) is 10.3. The van der Waals surface area contributed by atoms with Crippen molar-refractivity contribution in [3.05, 3.63) is 0 Å². The Morgan fingerprint density at radius 1 is 1.45 bits per heavy atom. The maximum Gasteiger partial charge on any atom is 0.418 e. The molecule has 2 nitrogen and oxygen atoms in total. The van der Waals surface area contributed by atoms with E-state index in [1.807, 2.05) is 0 Å². The van der Waals surface area contributed by atoms with Gasteiger partial charge in [0, 0.05) is 20.0 Å². The van der Waals surface area contributed by atoms with Crippen LogP contribution in [0.1, 0.15) is 12.8 Å². The highest BCUT2D eigenvalue weighted by Gasteiger charge is 2.62. The molecule has 1 fully saturated rings. The first-order valence-electron chi connectivity index (χ1n) is 3.05. The summed E-state index contributed by atoms with van der Waals surface area (Å²) in [6.45, 7) is 0. The number of methoxy groups -OCH3 is 1. The van der Waals surface area contributed by atoms with Crippen molar-refractivity contribution in [2.75, 3.05) is 7.11 Å². The molecule has 0 atom stereocenters. The molecule has 0 radical (unpaired) electrons. The quantitative estimate of drug-likeness (QED) is 0.589. The van der Waals surface area contributed by atoms with Gasteiger partial charge in [0.2, 0.25) is 0 Å². The van der Waals surface area contributed by atoms with E-state index < -0.39 is 30.4 Å². The summed E-state index contributed by atoms with van der Waals surface area (Å²) in [7, 11) is 0.972. The topological polar surface area (TPSA) is 26.3 Å². The predicted octanol–water partition coefficient (Wildman–Crippen LogP) is 1.30. The number of hydrogen-bond acceptors (Lipinski definition) is 2. The van der Waals surface area contributed by atoms with Crippen LogP contribution >= 0.6 is 0 Å². The molecule has 1 rings (SSSR count). The Morgan fingerprint density at radius 3 is 2.00 bits per heavy atom. The first-order chi connectivity index (χ1) is 4.91. The summed E-state index contributed by atoms with van der Waals surface area (Å²) < 4.78 is 40.4. The van der Waals surface area contributed by atoms with Gasteiger partial charge < -0.3 is 4.74 Å². The Hall–Kier alpha value is -0.580. The van der Waals surface area contributed by atoms with Crippen molar-refractivity contribution in [2.24, 2.45) is 0 Å². The zero-order valence-electron chi connectivity index (χ0n) is 5.86.